The van der Waals surface area contributed by atoms with Gasteiger partial charge in [0.1, 0.15) is 0 Å². The molecule has 1 fully saturated rings. The van der Waals surface area contributed by atoms with Gasteiger partial charge in [-0.2, -0.15) is 0 Å². The van der Waals surface area contributed by atoms with Gasteiger partial charge in [0.25, 0.3) is 0 Å². The maximum atomic E-state index is 4.56. The van der Waals surface area contributed by atoms with Crippen molar-refractivity contribution in [2.45, 2.75) is 6.04 Å². The molecule has 0 atom stereocenters. The Morgan fingerprint density at radius 3 is 2.92 bits per heavy atom. The smallest absolute Gasteiger partial charge is 0.241 e. The number of rotatable bonds is 3. The molecule has 0 amide bonds. The SMILES string of the molecule is CN1CC(Nc2ncc3c(-c4cnc5nccn5c4)ccn3n2)C1. The number of hydrogen-bond donors (Lipinski definition) is 1. The topological polar surface area (TPSA) is 75.6 Å². The maximum absolute atomic E-state index is 4.56. The highest BCUT2D eigenvalue weighted by Crippen LogP contribution is 2.25. The maximum Gasteiger partial charge on any atom is 0.241 e. The molecule has 120 valence electrons. The van der Waals surface area contributed by atoms with Crippen molar-refractivity contribution < 1.29 is 0 Å². The third kappa shape index (κ3) is 2.11. The molecule has 1 N–H and O–H groups in total. The highest BCUT2D eigenvalue weighted by Gasteiger charge is 2.23. The highest BCUT2D eigenvalue weighted by atomic mass is 15.3. The van der Waals surface area contributed by atoms with Crippen LogP contribution in [0.25, 0.3) is 22.4 Å². The van der Waals surface area contributed by atoms with E-state index in [0.29, 0.717) is 17.8 Å². The van der Waals surface area contributed by atoms with Crippen LogP contribution in [0.2, 0.25) is 0 Å². The Balaban J connectivity index is 1.50. The Labute approximate surface area is 137 Å². The zero-order chi connectivity index (χ0) is 16.1. The van der Waals surface area contributed by atoms with Crippen LogP contribution < -0.4 is 5.32 Å². The number of fused-ring (bicyclic) bond motifs is 2. The van der Waals surface area contributed by atoms with E-state index < -0.39 is 0 Å². The normalized spacial score (nSPS) is 15.9. The molecule has 0 spiro atoms. The zero-order valence-corrected chi connectivity index (χ0v) is 13.2. The molecule has 0 aliphatic carbocycles. The molecule has 4 aromatic heterocycles. The van der Waals surface area contributed by atoms with Crippen molar-refractivity contribution in [2.24, 2.45) is 0 Å². The lowest BCUT2D eigenvalue weighted by molar-refractivity contribution is 0.204. The summed E-state index contributed by atoms with van der Waals surface area (Å²) in [7, 11) is 2.10. The third-order valence-corrected chi connectivity index (χ3v) is 4.37. The molecular weight excluding hydrogens is 304 g/mol. The average Bonchev–Trinajstić information content (AvgIpc) is 3.18. The van der Waals surface area contributed by atoms with Crippen molar-refractivity contribution in [3.63, 3.8) is 0 Å². The number of aromatic nitrogens is 6. The molecule has 5 heterocycles. The summed E-state index contributed by atoms with van der Waals surface area (Å²) in [6.45, 7) is 2.05. The summed E-state index contributed by atoms with van der Waals surface area (Å²) in [4.78, 5) is 15.3. The van der Waals surface area contributed by atoms with Crippen molar-refractivity contribution in [2.75, 3.05) is 25.5 Å². The van der Waals surface area contributed by atoms with E-state index in [-0.39, 0.29) is 0 Å². The summed E-state index contributed by atoms with van der Waals surface area (Å²) >= 11 is 0. The summed E-state index contributed by atoms with van der Waals surface area (Å²) in [6.07, 6.45) is 11.3. The molecule has 0 bridgehead atoms. The van der Waals surface area contributed by atoms with Crippen LogP contribution in [0.15, 0.2) is 43.2 Å². The minimum Gasteiger partial charge on any atom is -0.348 e. The van der Waals surface area contributed by atoms with E-state index in [1.165, 1.54) is 0 Å². The molecule has 0 radical (unpaired) electrons. The van der Waals surface area contributed by atoms with Crippen LogP contribution in [0.4, 0.5) is 5.95 Å². The third-order valence-electron chi connectivity index (χ3n) is 4.37. The van der Waals surface area contributed by atoms with E-state index in [1.54, 1.807) is 6.20 Å². The number of nitrogens with zero attached hydrogens (tertiary/aromatic N) is 7. The summed E-state index contributed by atoms with van der Waals surface area (Å²) in [5.41, 5.74) is 3.01. The minimum absolute atomic E-state index is 0.426. The number of hydrogen-bond acceptors (Lipinski definition) is 6. The minimum atomic E-state index is 0.426. The van der Waals surface area contributed by atoms with Crippen LogP contribution in [-0.2, 0) is 0 Å². The number of nitrogens with one attached hydrogen (secondary N) is 1. The molecule has 1 saturated heterocycles. The van der Waals surface area contributed by atoms with E-state index in [0.717, 1.165) is 29.7 Å². The van der Waals surface area contributed by atoms with E-state index in [1.807, 2.05) is 46.0 Å². The van der Waals surface area contributed by atoms with Gasteiger partial charge in [-0.05, 0) is 13.1 Å². The number of imidazole rings is 1. The van der Waals surface area contributed by atoms with Gasteiger partial charge in [0, 0.05) is 55.2 Å². The lowest BCUT2D eigenvalue weighted by atomic mass is 10.1. The monoisotopic (exact) mass is 320 g/mol. The molecule has 1 aliphatic rings. The average molecular weight is 320 g/mol. The molecule has 8 nitrogen and oxygen atoms in total. The Hall–Kier alpha value is -3.00. The standard InChI is InChI=1S/C16H16N8/c1-22-9-12(10-22)20-15-18-7-14-13(2-4-24(14)21-15)11-6-19-16-17-3-5-23(16)8-11/h2-8,12H,9-10H2,1H3,(H,20,21). The Bertz CT molecular complexity index is 1030. The van der Waals surface area contributed by atoms with Crippen molar-refractivity contribution in [1.82, 2.24) is 33.9 Å². The van der Waals surface area contributed by atoms with Crippen molar-refractivity contribution in [3.05, 3.63) is 43.2 Å². The fourth-order valence-corrected chi connectivity index (χ4v) is 3.14. The first-order valence-electron chi connectivity index (χ1n) is 7.85. The molecule has 0 unspecified atom stereocenters. The van der Waals surface area contributed by atoms with Gasteiger partial charge in [-0.25, -0.2) is 19.5 Å². The van der Waals surface area contributed by atoms with E-state index in [4.69, 9.17) is 0 Å². The first kappa shape index (κ1) is 13.4. The summed E-state index contributed by atoms with van der Waals surface area (Å²) in [5.74, 6) is 1.35. The van der Waals surface area contributed by atoms with Gasteiger partial charge in [0.05, 0.1) is 17.8 Å². The highest BCUT2D eigenvalue weighted by molar-refractivity contribution is 5.79. The molecule has 0 saturated carbocycles. The number of likely N-dealkylation sites (tertiary alicyclic amines) is 1. The van der Waals surface area contributed by atoms with Crippen molar-refractivity contribution in [3.8, 4) is 11.1 Å². The molecular formula is C16H16N8. The van der Waals surface area contributed by atoms with Crippen LogP contribution in [0, 0.1) is 0 Å². The lowest BCUT2D eigenvalue weighted by Gasteiger charge is -2.36. The molecule has 24 heavy (non-hydrogen) atoms. The Kier molecular flexibility index (Phi) is 2.80. The van der Waals surface area contributed by atoms with E-state index in [9.17, 15) is 0 Å². The van der Waals surface area contributed by atoms with Crippen LogP contribution in [0.1, 0.15) is 0 Å². The predicted molar refractivity (Wildman–Crippen MR) is 89.9 cm³/mol. The molecule has 0 aromatic carbocycles. The van der Waals surface area contributed by atoms with E-state index in [2.05, 4.69) is 37.3 Å². The quantitative estimate of drug-likeness (QED) is 0.611. The summed E-state index contributed by atoms with van der Waals surface area (Å²) < 4.78 is 3.76. The lowest BCUT2D eigenvalue weighted by Crippen LogP contribution is -2.52. The Morgan fingerprint density at radius 2 is 2.04 bits per heavy atom. The fraction of sp³-hybridized carbons (Fsp3) is 0.250. The van der Waals surface area contributed by atoms with Gasteiger partial charge >= 0.3 is 0 Å². The first-order valence-corrected chi connectivity index (χ1v) is 7.85. The fourth-order valence-electron chi connectivity index (χ4n) is 3.14. The second kappa shape index (κ2) is 5.00. The number of likely N-dealkylation sites (N-methyl/N-ethyl adjacent to an activating group) is 1. The molecule has 8 heteroatoms. The van der Waals surface area contributed by atoms with Gasteiger partial charge in [0.15, 0.2) is 0 Å². The summed E-state index contributed by atoms with van der Waals surface area (Å²) in [6, 6.07) is 2.46. The van der Waals surface area contributed by atoms with Crippen LogP contribution in [-0.4, -0.2) is 60.0 Å². The predicted octanol–water partition coefficient (Wildman–Crippen LogP) is 1.16. The van der Waals surface area contributed by atoms with Crippen molar-refractivity contribution in [1.29, 1.82) is 0 Å². The Morgan fingerprint density at radius 1 is 1.12 bits per heavy atom. The summed E-state index contributed by atoms with van der Waals surface area (Å²) in [5, 5.41) is 7.92. The molecule has 4 aromatic rings. The van der Waals surface area contributed by atoms with Crippen molar-refractivity contribution >= 4 is 17.2 Å². The number of anilines is 1. The first-order chi connectivity index (χ1) is 11.8. The second-order valence-electron chi connectivity index (χ2n) is 6.18. The van der Waals surface area contributed by atoms with Gasteiger partial charge in [-0.15, -0.1) is 5.10 Å². The van der Waals surface area contributed by atoms with Gasteiger partial charge in [-0.3, -0.25) is 4.40 Å². The van der Waals surface area contributed by atoms with E-state index >= 15 is 0 Å². The molecule has 5 rings (SSSR count). The van der Waals surface area contributed by atoms with Crippen LogP contribution in [0.5, 0.6) is 0 Å². The van der Waals surface area contributed by atoms with Crippen LogP contribution in [0.3, 0.4) is 0 Å². The molecule has 1 aliphatic heterocycles. The van der Waals surface area contributed by atoms with Gasteiger partial charge in [-0.1, -0.05) is 0 Å². The van der Waals surface area contributed by atoms with Gasteiger partial charge < -0.3 is 10.2 Å². The van der Waals surface area contributed by atoms with Gasteiger partial charge in [0.2, 0.25) is 11.7 Å². The second-order valence-corrected chi connectivity index (χ2v) is 6.18. The van der Waals surface area contributed by atoms with Crippen LogP contribution >= 0.6 is 0 Å². The zero-order valence-electron chi connectivity index (χ0n) is 13.2. The largest absolute Gasteiger partial charge is 0.348 e.